The van der Waals surface area contributed by atoms with Gasteiger partial charge in [-0.05, 0) is 30.7 Å². The van der Waals surface area contributed by atoms with E-state index in [-0.39, 0.29) is 16.6 Å². The zero-order chi connectivity index (χ0) is 18.2. The Morgan fingerprint density at radius 2 is 2.16 bits per heavy atom. The molecule has 1 saturated heterocycles. The molecule has 0 radical (unpaired) electrons. The molecule has 0 aliphatic carbocycles. The molecule has 2 heterocycles. The second-order valence-electron chi connectivity index (χ2n) is 5.29. The molecule has 25 heavy (non-hydrogen) atoms. The van der Waals surface area contributed by atoms with Crippen LogP contribution < -0.4 is 10.1 Å². The maximum Gasteiger partial charge on any atom is 0.263 e. The van der Waals surface area contributed by atoms with Gasteiger partial charge in [0.2, 0.25) is 0 Å². The first kappa shape index (κ1) is 17.8. The standard InChI is InChI=1S/C16H14N2O4S3/c1-3-22-14-10-6-9(7-12-15(19)18-16(23)24-12)4-5-11(10)17-8-13(14)25(2,20)21/h4-8H,3H2,1-2H3,(H,18,19,23). The minimum Gasteiger partial charge on any atom is -0.492 e. The van der Waals surface area contributed by atoms with E-state index in [1.807, 2.05) is 0 Å². The predicted molar refractivity (Wildman–Crippen MR) is 102 cm³/mol. The lowest BCUT2D eigenvalue weighted by atomic mass is 10.1. The molecule has 6 nitrogen and oxygen atoms in total. The van der Waals surface area contributed by atoms with Gasteiger partial charge in [-0.3, -0.25) is 9.78 Å². The molecule has 0 saturated carbocycles. The van der Waals surface area contributed by atoms with E-state index >= 15 is 0 Å². The summed E-state index contributed by atoms with van der Waals surface area (Å²) < 4.78 is 30.0. The van der Waals surface area contributed by atoms with Crippen molar-refractivity contribution in [3.8, 4) is 5.75 Å². The van der Waals surface area contributed by atoms with Gasteiger partial charge in [-0.25, -0.2) is 8.42 Å². The SMILES string of the molecule is CCOc1c(S(C)(=O)=O)cnc2ccc(C=C3SC(=S)NC3=O)cc12. The Hall–Kier alpha value is -1.97. The van der Waals surface area contributed by atoms with Gasteiger partial charge in [0.05, 0.1) is 23.2 Å². The maximum atomic E-state index is 12.0. The number of pyridine rings is 1. The molecule has 1 aliphatic heterocycles. The van der Waals surface area contributed by atoms with Gasteiger partial charge in [0.15, 0.2) is 9.84 Å². The van der Waals surface area contributed by atoms with Crippen molar-refractivity contribution in [2.75, 3.05) is 12.9 Å². The number of hydrogen-bond donors (Lipinski definition) is 1. The van der Waals surface area contributed by atoms with Gasteiger partial charge in [0, 0.05) is 11.6 Å². The fourth-order valence-electron chi connectivity index (χ4n) is 2.39. The first-order chi connectivity index (χ1) is 11.8. The molecule has 9 heteroatoms. The second kappa shape index (κ2) is 6.74. The Morgan fingerprint density at radius 3 is 2.76 bits per heavy atom. The van der Waals surface area contributed by atoms with Gasteiger partial charge in [-0.1, -0.05) is 30.0 Å². The molecule has 130 valence electrons. The summed E-state index contributed by atoms with van der Waals surface area (Å²) in [6.45, 7) is 2.10. The Balaban J connectivity index is 2.19. The van der Waals surface area contributed by atoms with Crippen LogP contribution in [0.25, 0.3) is 17.0 Å². The quantitative estimate of drug-likeness (QED) is 0.630. The number of hydrogen-bond acceptors (Lipinski definition) is 7. The number of fused-ring (bicyclic) bond motifs is 1. The molecule has 1 amide bonds. The highest BCUT2D eigenvalue weighted by Crippen LogP contribution is 2.33. The first-order valence-corrected chi connectivity index (χ1v) is 10.4. The highest BCUT2D eigenvalue weighted by atomic mass is 32.2. The molecule has 1 fully saturated rings. The van der Waals surface area contributed by atoms with Crippen LogP contribution in [0.2, 0.25) is 0 Å². The van der Waals surface area contributed by atoms with Crippen molar-refractivity contribution in [3.63, 3.8) is 0 Å². The summed E-state index contributed by atoms with van der Waals surface area (Å²) in [6.07, 6.45) is 4.12. The Labute approximate surface area is 154 Å². The van der Waals surface area contributed by atoms with Crippen LogP contribution in [-0.2, 0) is 14.6 Å². The van der Waals surface area contributed by atoms with Crippen LogP contribution in [0.4, 0.5) is 0 Å². The smallest absolute Gasteiger partial charge is 0.263 e. The number of benzene rings is 1. The normalized spacial score (nSPS) is 16.5. The van der Waals surface area contributed by atoms with E-state index in [1.54, 1.807) is 31.2 Å². The third-order valence-electron chi connectivity index (χ3n) is 3.44. The number of rotatable bonds is 4. The summed E-state index contributed by atoms with van der Waals surface area (Å²) in [7, 11) is -3.49. The van der Waals surface area contributed by atoms with Crippen LogP contribution in [0, 0.1) is 0 Å². The van der Waals surface area contributed by atoms with E-state index in [9.17, 15) is 13.2 Å². The molecule has 1 aromatic heterocycles. The lowest BCUT2D eigenvalue weighted by molar-refractivity contribution is -0.115. The van der Waals surface area contributed by atoms with Crippen molar-refractivity contribution >= 4 is 61.0 Å². The summed E-state index contributed by atoms with van der Waals surface area (Å²) in [5.74, 6) is 0.0254. The van der Waals surface area contributed by atoms with E-state index in [1.165, 1.54) is 18.0 Å². The monoisotopic (exact) mass is 394 g/mol. The average Bonchev–Trinajstić information content (AvgIpc) is 2.84. The topological polar surface area (TPSA) is 85.4 Å². The summed E-state index contributed by atoms with van der Waals surface area (Å²) in [4.78, 5) is 16.5. The Kier molecular flexibility index (Phi) is 4.81. The number of sulfone groups is 1. The number of thiocarbonyl (C=S) groups is 1. The van der Waals surface area contributed by atoms with Gasteiger partial charge < -0.3 is 10.1 Å². The molecule has 0 spiro atoms. The molecular formula is C16H14N2O4S3. The highest BCUT2D eigenvalue weighted by Gasteiger charge is 2.22. The van der Waals surface area contributed by atoms with Crippen molar-refractivity contribution in [2.45, 2.75) is 11.8 Å². The van der Waals surface area contributed by atoms with Crippen molar-refractivity contribution in [3.05, 3.63) is 34.9 Å². The number of aromatic nitrogens is 1. The minimum atomic E-state index is -3.49. The fraction of sp³-hybridized carbons (Fsp3) is 0.188. The number of carbonyl (C=O) groups is 1. The van der Waals surface area contributed by atoms with Crippen LogP contribution >= 0.6 is 24.0 Å². The van der Waals surface area contributed by atoms with Gasteiger partial charge in [0.1, 0.15) is 15.0 Å². The third-order valence-corrected chi connectivity index (χ3v) is 5.69. The molecule has 0 unspecified atom stereocenters. The largest absolute Gasteiger partial charge is 0.492 e. The third kappa shape index (κ3) is 3.68. The summed E-state index contributed by atoms with van der Waals surface area (Å²) >= 11 is 6.16. The first-order valence-electron chi connectivity index (χ1n) is 7.30. The number of nitrogens with zero attached hydrogens (tertiary/aromatic N) is 1. The van der Waals surface area contributed by atoms with Crippen LogP contribution in [0.5, 0.6) is 5.75 Å². The Bertz CT molecular complexity index is 1030. The van der Waals surface area contributed by atoms with Crippen molar-refractivity contribution in [1.29, 1.82) is 0 Å². The highest BCUT2D eigenvalue weighted by molar-refractivity contribution is 8.26. The number of carbonyl (C=O) groups excluding carboxylic acids is 1. The number of nitrogens with one attached hydrogen (secondary N) is 1. The van der Waals surface area contributed by atoms with E-state index in [0.29, 0.717) is 26.7 Å². The molecule has 2 aromatic rings. The van der Waals surface area contributed by atoms with Gasteiger partial charge in [-0.2, -0.15) is 0 Å². The van der Waals surface area contributed by atoms with Gasteiger partial charge in [0.25, 0.3) is 5.91 Å². The fourth-order valence-corrected chi connectivity index (χ4v) is 4.18. The predicted octanol–water partition coefficient (Wildman–Crippen LogP) is 2.53. The molecule has 0 bridgehead atoms. The van der Waals surface area contributed by atoms with E-state index < -0.39 is 9.84 Å². The molecule has 0 atom stereocenters. The lowest BCUT2D eigenvalue weighted by Gasteiger charge is -2.12. The van der Waals surface area contributed by atoms with E-state index in [2.05, 4.69) is 10.3 Å². The minimum absolute atomic E-state index is 0.0424. The van der Waals surface area contributed by atoms with Crippen molar-refractivity contribution in [2.24, 2.45) is 0 Å². The zero-order valence-electron chi connectivity index (χ0n) is 13.4. The average molecular weight is 394 g/mol. The molecular weight excluding hydrogens is 380 g/mol. The van der Waals surface area contributed by atoms with Crippen molar-refractivity contribution < 1.29 is 17.9 Å². The molecule has 3 rings (SSSR count). The second-order valence-corrected chi connectivity index (χ2v) is 8.99. The number of amides is 1. The lowest BCUT2D eigenvalue weighted by Crippen LogP contribution is -2.17. The van der Waals surface area contributed by atoms with Crippen LogP contribution in [0.15, 0.2) is 34.2 Å². The molecule has 1 aromatic carbocycles. The number of ether oxygens (including phenoxy) is 1. The number of thioether (sulfide) groups is 1. The Morgan fingerprint density at radius 1 is 1.40 bits per heavy atom. The summed E-state index contributed by atoms with van der Waals surface area (Å²) in [6, 6.07) is 5.31. The maximum absolute atomic E-state index is 12.0. The zero-order valence-corrected chi connectivity index (χ0v) is 15.8. The molecule has 1 aliphatic rings. The van der Waals surface area contributed by atoms with E-state index in [0.717, 1.165) is 11.8 Å². The summed E-state index contributed by atoms with van der Waals surface area (Å²) in [5, 5.41) is 3.13. The van der Waals surface area contributed by atoms with Crippen LogP contribution in [0.1, 0.15) is 12.5 Å². The summed E-state index contributed by atoms with van der Waals surface area (Å²) in [5.41, 5.74) is 1.33. The van der Waals surface area contributed by atoms with Crippen LogP contribution in [-0.4, -0.2) is 36.5 Å². The van der Waals surface area contributed by atoms with Crippen LogP contribution in [0.3, 0.4) is 0 Å². The van der Waals surface area contributed by atoms with Gasteiger partial charge >= 0.3 is 0 Å². The van der Waals surface area contributed by atoms with E-state index in [4.69, 9.17) is 17.0 Å². The molecule has 1 N–H and O–H groups in total. The van der Waals surface area contributed by atoms with Gasteiger partial charge in [-0.15, -0.1) is 0 Å². The van der Waals surface area contributed by atoms with Crippen molar-refractivity contribution in [1.82, 2.24) is 10.3 Å².